The Morgan fingerprint density at radius 2 is 2.11 bits per heavy atom. The predicted molar refractivity (Wildman–Crippen MR) is 128 cm³/mol. The smallest absolute Gasteiger partial charge is 0.224 e. The van der Waals surface area contributed by atoms with E-state index in [1.54, 1.807) is 18.4 Å². The van der Waals surface area contributed by atoms with E-state index in [2.05, 4.69) is 38.9 Å². The zero-order valence-electron chi connectivity index (χ0n) is 17.1. The maximum Gasteiger partial charge on any atom is 0.224 e. The molecule has 0 spiro atoms. The molecule has 6 nitrogen and oxygen atoms in total. The molecule has 3 rings (SSSR count). The molecule has 8 heteroatoms. The van der Waals surface area contributed by atoms with Crippen LogP contribution in [0.4, 0.5) is 0 Å². The summed E-state index contributed by atoms with van der Waals surface area (Å²) in [6.45, 7) is 7.98. The van der Waals surface area contributed by atoms with Crippen LogP contribution in [0.5, 0.6) is 0 Å². The third-order valence-corrected chi connectivity index (χ3v) is 6.51. The SMILES string of the molecule is CCCN1CCC(NC(=NC)NCCC(=O)N2CCc3sccc3C2)CC1.I. The molecule has 0 radical (unpaired) electrons. The molecule has 158 valence electrons. The van der Waals surface area contributed by atoms with Crippen LogP contribution in [0.15, 0.2) is 16.4 Å². The monoisotopic (exact) mass is 519 g/mol. The fourth-order valence-corrected chi connectivity index (χ4v) is 4.80. The third-order valence-electron chi connectivity index (χ3n) is 5.48. The summed E-state index contributed by atoms with van der Waals surface area (Å²) >= 11 is 1.81. The number of carbonyl (C=O) groups is 1. The van der Waals surface area contributed by atoms with E-state index < -0.39 is 0 Å². The molecule has 1 fully saturated rings. The number of amides is 1. The number of nitrogens with one attached hydrogen (secondary N) is 2. The van der Waals surface area contributed by atoms with Gasteiger partial charge in [-0.3, -0.25) is 9.79 Å². The summed E-state index contributed by atoms with van der Waals surface area (Å²) in [7, 11) is 1.80. The standard InChI is InChI=1S/C20H33N5OS.HI/c1-3-10-24-11-5-17(6-12-24)23-20(21-2)22-9-4-19(26)25-13-7-18-16(15-25)8-14-27-18;/h8,14,17H,3-7,9-13,15H2,1-2H3,(H2,21,22,23);1H. The van der Waals surface area contributed by atoms with Gasteiger partial charge in [-0.05, 0) is 49.2 Å². The molecule has 0 saturated carbocycles. The molecule has 1 saturated heterocycles. The highest BCUT2D eigenvalue weighted by Crippen LogP contribution is 2.24. The second kappa shape index (κ2) is 12.0. The van der Waals surface area contributed by atoms with Gasteiger partial charge in [-0.25, -0.2) is 0 Å². The lowest BCUT2D eigenvalue weighted by molar-refractivity contribution is -0.131. The van der Waals surface area contributed by atoms with Gasteiger partial charge < -0.3 is 20.4 Å². The number of likely N-dealkylation sites (tertiary alicyclic amines) is 1. The molecule has 2 aliphatic heterocycles. The van der Waals surface area contributed by atoms with Gasteiger partial charge in [0.1, 0.15) is 0 Å². The molecule has 0 unspecified atom stereocenters. The second-order valence-corrected chi connectivity index (χ2v) is 8.44. The Kier molecular flexibility index (Phi) is 10.0. The number of rotatable bonds is 6. The Balaban J connectivity index is 0.00000280. The summed E-state index contributed by atoms with van der Waals surface area (Å²) in [5, 5.41) is 8.96. The number of nitrogens with zero attached hydrogens (tertiary/aromatic N) is 3. The van der Waals surface area contributed by atoms with Gasteiger partial charge in [-0.2, -0.15) is 0 Å². The molecule has 28 heavy (non-hydrogen) atoms. The Bertz CT molecular complexity index is 642. The number of guanidine groups is 1. The highest BCUT2D eigenvalue weighted by Gasteiger charge is 2.22. The molecule has 0 aliphatic carbocycles. The lowest BCUT2D eigenvalue weighted by Crippen LogP contribution is -2.49. The van der Waals surface area contributed by atoms with Crippen molar-refractivity contribution in [3.05, 3.63) is 21.9 Å². The van der Waals surface area contributed by atoms with Gasteiger partial charge in [0.05, 0.1) is 0 Å². The Morgan fingerprint density at radius 3 is 2.82 bits per heavy atom. The largest absolute Gasteiger partial charge is 0.356 e. The molecule has 3 heterocycles. The van der Waals surface area contributed by atoms with Crippen molar-refractivity contribution in [2.75, 3.05) is 39.8 Å². The van der Waals surface area contributed by atoms with Crippen molar-refractivity contribution in [3.8, 4) is 0 Å². The van der Waals surface area contributed by atoms with E-state index >= 15 is 0 Å². The zero-order valence-corrected chi connectivity index (χ0v) is 20.2. The van der Waals surface area contributed by atoms with Crippen LogP contribution in [-0.2, 0) is 17.8 Å². The van der Waals surface area contributed by atoms with Crippen molar-refractivity contribution in [1.29, 1.82) is 0 Å². The molecule has 1 amide bonds. The Labute approximate surface area is 190 Å². The maximum absolute atomic E-state index is 12.5. The highest BCUT2D eigenvalue weighted by atomic mass is 127. The van der Waals surface area contributed by atoms with E-state index in [9.17, 15) is 4.79 Å². The van der Waals surface area contributed by atoms with Crippen LogP contribution in [0.3, 0.4) is 0 Å². The number of fused-ring (bicyclic) bond motifs is 1. The molecular formula is C20H34IN5OS. The van der Waals surface area contributed by atoms with Crippen molar-refractivity contribution in [2.24, 2.45) is 4.99 Å². The number of hydrogen-bond acceptors (Lipinski definition) is 4. The van der Waals surface area contributed by atoms with E-state index in [1.807, 2.05) is 4.90 Å². The van der Waals surface area contributed by atoms with Crippen LogP contribution in [-0.4, -0.2) is 67.5 Å². The summed E-state index contributed by atoms with van der Waals surface area (Å²) in [4.78, 5) is 22.8. The van der Waals surface area contributed by atoms with Gasteiger partial charge >= 0.3 is 0 Å². The normalized spacial score (nSPS) is 18.4. The van der Waals surface area contributed by atoms with Gasteiger partial charge in [-0.1, -0.05) is 6.92 Å². The van der Waals surface area contributed by atoms with Crippen molar-refractivity contribution in [1.82, 2.24) is 20.4 Å². The first-order valence-electron chi connectivity index (χ1n) is 10.2. The molecule has 0 bridgehead atoms. The number of halogens is 1. The summed E-state index contributed by atoms with van der Waals surface area (Å²) in [6.07, 6.45) is 5.02. The minimum atomic E-state index is 0. The van der Waals surface area contributed by atoms with Gasteiger partial charge in [0.25, 0.3) is 0 Å². The average Bonchev–Trinajstić information content (AvgIpc) is 3.16. The summed E-state index contributed by atoms with van der Waals surface area (Å²) in [5.41, 5.74) is 1.32. The zero-order chi connectivity index (χ0) is 19.1. The molecule has 2 N–H and O–H groups in total. The van der Waals surface area contributed by atoms with Crippen molar-refractivity contribution in [2.45, 2.75) is 51.6 Å². The number of hydrogen-bond donors (Lipinski definition) is 2. The molecule has 0 atom stereocenters. The van der Waals surface area contributed by atoms with Crippen LogP contribution in [0.2, 0.25) is 0 Å². The van der Waals surface area contributed by atoms with Crippen molar-refractivity contribution in [3.63, 3.8) is 0 Å². The Morgan fingerprint density at radius 1 is 1.32 bits per heavy atom. The van der Waals surface area contributed by atoms with E-state index in [0.717, 1.165) is 51.4 Å². The van der Waals surface area contributed by atoms with E-state index in [0.29, 0.717) is 19.0 Å². The van der Waals surface area contributed by atoms with Gasteiger partial charge in [0, 0.05) is 57.1 Å². The first kappa shape index (κ1) is 23.4. The highest BCUT2D eigenvalue weighted by molar-refractivity contribution is 14.0. The van der Waals surface area contributed by atoms with E-state index in [-0.39, 0.29) is 29.9 Å². The summed E-state index contributed by atoms with van der Waals surface area (Å²) in [5.74, 6) is 1.04. The first-order valence-corrected chi connectivity index (χ1v) is 11.1. The minimum absolute atomic E-state index is 0. The summed E-state index contributed by atoms with van der Waals surface area (Å²) in [6, 6.07) is 2.62. The third kappa shape index (κ3) is 6.59. The lowest BCUT2D eigenvalue weighted by atomic mass is 10.1. The van der Waals surface area contributed by atoms with Gasteiger partial charge in [0.15, 0.2) is 5.96 Å². The topological polar surface area (TPSA) is 60.0 Å². The molecule has 1 aromatic heterocycles. The van der Waals surface area contributed by atoms with Gasteiger partial charge in [0.2, 0.25) is 5.91 Å². The summed E-state index contributed by atoms with van der Waals surface area (Å²) < 4.78 is 0. The second-order valence-electron chi connectivity index (χ2n) is 7.44. The van der Waals surface area contributed by atoms with Crippen LogP contribution in [0, 0.1) is 0 Å². The average molecular weight is 519 g/mol. The minimum Gasteiger partial charge on any atom is -0.356 e. The lowest BCUT2D eigenvalue weighted by Gasteiger charge is -2.32. The predicted octanol–water partition coefficient (Wildman–Crippen LogP) is 2.68. The number of carbonyl (C=O) groups excluding carboxylic acids is 1. The van der Waals surface area contributed by atoms with E-state index in [1.165, 1.54) is 23.4 Å². The van der Waals surface area contributed by atoms with E-state index in [4.69, 9.17) is 0 Å². The molecule has 0 aromatic carbocycles. The van der Waals surface area contributed by atoms with Crippen LogP contribution in [0.1, 0.15) is 43.0 Å². The Hall–Kier alpha value is -0.870. The number of aliphatic imine (C=N–C) groups is 1. The first-order chi connectivity index (χ1) is 13.2. The van der Waals surface area contributed by atoms with Crippen LogP contribution in [0.25, 0.3) is 0 Å². The fourth-order valence-electron chi connectivity index (χ4n) is 3.91. The van der Waals surface area contributed by atoms with Crippen LogP contribution < -0.4 is 10.6 Å². The maximum atomic E-state index is 12.5. The van der Waals surface area contributed by atoms with Crippen LogP contribution >= 0.6 is 35.3 Å². The number of piperidine rings is 1. The molecule has 1 aromatic rings. The fraction of sp³-hybridized carbons (Fsp3) is 0.700. The quantitative estimate of drug-likeness (QED) is 0.345. The number of thiophene rings is 1. The molecule has 2 aliphatic rings. The van der Waals surface area contributed by atoms with Gasteiger partial charge in [-0.15, -0.1) is 35.3 Å². The van der Waals surface area contributed by atoms with Crippen molar-refractivity contribution < 1.29 is 4.79 Å². The molecular weight excluding hydrogens is 485 g/mol. The van der Waals surface area contributed by atoms with Crippen molar-refractivity contribution >= 4 is 47.2 Å².